The zero-order valence-corrected chi connectivity index (χ0v) is 15.3. The van der Waals surface area contributed by atoms with Gasteiger partial charge in [0.25, 0.3) is 0 Å². The average Bonchev–Trinajstić information content (AvgIpc) is 2.43. The average molecular weight is 406 g/mol. The number of carboxylic acids is 1. The van der Waals surface area contributed by atoms with Gasteiger partial charge in [-0.05, 0) is 6.42 Å². The molecule has 1 atom stereocenters. The number of hydrogen-bond donors (Lipinski definition) is 6. The molecule has 0 aliphatic rings. The van der Waals surface area contributed by atoms with Crippen LogP contribution in [0.15, 0.2) is 18.2 Å². The van der Waals surface area contributed by atoms with Crippen LogP contribution in [0.3, 0.4) is 0 Å². The summed E-state index contributed by atoms with van der Waals surface area (Å²) in [5.74, 6) is -1.89. The van der Waals surface area contributed by atoms with E-state index in [1.54, 1.807) is 0 Å². The van der Waals surface area contributed by atoms with Gasteiger partial charge < -0.3 is 10.8 Å². The Balaban J connectivity index is 0.000000506. The van der Waals surface area contributed by atoms with E-state index in [-0.39, 0.29) is 5.69 Å². The van der Waals surface area contributed by atoms with Crippen molar-refractivity contribution in [3.63, 3.8) is 0 Å². The Hall–Kier alpha value is -1.80. The van der Waals surface area contributed by atoms with E-state index in [2.05, 4.69) is 5.32 Å². The summed E-state index contributed by atoms with van der Waals surface area (Å²) in [5.41, 5.74) is 5.14. The van der Waals surface area contributed by atoms with Crippen LogP contribution in [0.2, 0.25) is 0 Å². The number of aromatic hydroxyl groups is 1. The molecule has 0 saturated carbocycles. The van der Waals surface area contributed by atoms with Gasteiger partial charge in [0, 0.05) is 0 Å². The Kier molecular flexibility index (Phi) is 9.38. The molecule has 0 aliphatic carbocycles. The fraction of sp³-hybridized carbons (Fsp3) is 0.429. The number of nitrogens with one attached hydrogen (secondary N) is 1. The molecule has 0 aliphatic heterocycles. The molecule has 9 nitrogen and oxygen atoms in total. The van der Waals surface area contributed by atoms with E-state index in [0.717, 1.165) is 18.9 Å². The predicted octanol–water partition coefficient (Wildman–Crippen LogP) is -0.500. The first kappa shape index (κ1) is 22.2. The van der Waals surface area contributed by atoms with Gasteiger partial charge in [-0.2, -0.15) is 0 Å². The van der Waals surface area contributed by atoms with Crippen molar-refractivity contribution < 1.29 is 31.7 Å². The zero-order valence-electron chi connectivity index (χ0n) is 13.5. The third-order valence-corrected chi connectivity index (χ3v) is 5.01. The van der Waals surface area contributed by atoms with Crippen molar-refractivity contribution in [2.45, 2.75) is 39.2 Å². The van der Waals surface area contributed by atoms with E-state index in [1.165, 1.54) is 19.1 Å². The number of nitrogens with two attached hydrogens (primary N) is 1. The van der Waals surface area contributed by atoms with Gasteiger partial charge in [0.1, 0.15) is 6.04 Å². The van der Waals surface area contributed by atoms with Gasteiger partial charge in [0.15, 0.2) is 0 Å². The van der Waals surface area contributed by atoms with Crippen LogP contribution in [0.25, 0.3) is 0 Å². The molecule has 24 heavy (non-hydrogen) atoms. The predicted molar refractivity (Wildman–Crippen MR) is 88.1 cm³/mol. The number of aliphatic carboxylic acids is 1. The summed E-state index contributed by atoms with van der Waals surface area (Å²) in [6.07, 6.45) is 2.49. The molecule has 1 rings (SSSR count). The van der Waals surface area contributed by atoms with E-state index < -0.39 is 42.2 Å². The number of carboxylic acid groups (broad SMARTS) is 1. The molecule has 0 heterocycles. The molecule has 0 saturated heterocycles. The number of carbonyl (C=O) groups is 2. The molecule has 0 radical (unpaired) electrons. The largest absolute Gasteiger partial charge is 0.480 e. The van der Waals surface area contributed by atoms with Crippen molar-refractivity contribution >= 4 is 36.1 Å². The maximum atomic E-state index is 11.1. The summed E-state index contributed by atoms with van der Waals surface area (Å²) in [7, 11) is 0. The molecule has 1 amide bonds. The number of hydrogen-bond acceptors (Lipinski definition) is 5. The first-order valence-electron chi connectivity index (χ1n) is 7.14. The minimum absolute atomic E-state index is 0.0602. The van der Waals surface area contributed by atoms with Crippen LogP contribution in [-0.2, 0) is 13.3 Å². The second-order valence-electron chi connectivity index (χ2n) is 4.99. The van der Waals surface area contributed by atoms with E-state index in [0.29, 0.717) is 6.42 Å². The summed E-state index contributed by atoms with van der Waals surface area (Å²) < 4.78 is 28.6. The maximum Gasteiger partial charge on any atom is 0.320 e. The Morgan fingerprint density at radius 2 is 1.92 bits per heavy atom. The fourth-order valence-electron chi connectivity index (χ4n) is 1.68. The van der Waals surface area contributed by atoms with Crippen molar-refractivity contribution in [3.8, 4) is 5.75 Å². The zero-order chi connectivity index (χ0) is 18.9. The van der Waals surface area contributed by atoms with Crippen LogP contribution in [-0.4, -0.2) is 50.5 Å². The summed E-state index contributed by atoms with van der Waals surface area (Å²) in [6.45, 7) is 3.22. The minimum Gasteiger partial charge on any atom is -0.480 e. The van der Waals surface area contributed by atoms with Crippen molar-refractivity contribution in [3.05, 3.63) is 18.2 Å². The number of rotatable bonds is 6. The molecule has 136 valence electrons. The Morgan fingerprint density at radius 1 is 1.33 bits per heavy atom. The monoisotopic (exact) mass is 406 g/mol. The molecule has 1 aromatic rings. The summed E-state index contributed by atoms with van der Waals surface area (Å²) in [6, 6.07) is 3.19. The van der Waals surface area contributed by atoms with Crippen LogP contribution in [0.5, 0.6) is 5.75 Å². The van der Waals surface area contributed by atoms with Crippen molar-refractivity contribution in [2.75, 3.05) is 5.32 Å². The third kappa shape index (κ3) is 8.16. The number of carbonyl (C=O) groups excluding carboxylic acids is 1. The Morgan fingerprint density at radius 3 is 2.33 bits per heavy atom. The first-order chi connectivity index (χ1) is 11.0. The van der Waals surface area contributed by atoms with Gasteiger partial charge in [-0.15, -0.1) is 0 Å². The van der Waals surface area contributed by atoms with Crippen LogP contribution < -0.4 is 15.4 Å². The van der Waals surface area contributed by atoms with Crippen LogP contribution in [0, 0.1) is 0 Å². The van der Waals surface area contributed by atoms with Gasteiger partial charge in [-0.25, -0.2) is 0 Å². The second kappa shape index (κ2) is 10.1. The van der Waals surface area contributed by atoms with Crippen LogP contribution >= 0.6 is 0 Å². The summed E-state index contributed by atoms with van der Waals surface area (Å²) >= 11 is -5.25. The SMILES string of the molecule is CC(=O)Nc1cccc(O)c1[As](=O)(O)O.CCCCC(N)C(=O)O. The molecule has 10 heteroatoms. The number of benzene rings is 1. The van der Waals surface area contributed by atoms with E-state index in [9.17, 15) is 18.4 Å². The Labute approximate surface area is 142 Å². The molecule has 0 spiro atoms. The molecule has 0 aromatic heterocycles. The quantitative estimate of drug-likeness (QED) is 0.343. The maximum absolute atomic E-state index is 11.1. The number of phenolic OH excluding ortho intramolecular Hbond substituents is 1. The minimum atomic E-state index is -5.25. The summed E-state index contributed by atoms with van der Waals surface area (Å²) in [4.78, 5) is 20.8. The second-order valence-corrected chi connectivity index (χ2v) is 8.21. The van der Waals surface area contributed by atoms with Crippen molar-refractivity contribution in [2.24, 2.45) is 5.73 Å². The van der Waals surface area contributed by atoms with E-state index in [1.807, 2.05) is 6.92 Å². The molecular weight excluding hydrogens is 383 g/mol. The van der Waals surface area contributed by atoms with Gasteiger partial charge in [0.05, 0.1) is 0 Å². The van der Waals surface area contributed by atoms with Gasteiger partial charge in [0.2, 0.25) is 0 Å². The summed E-state index contributed by atoms with van der Waals surface area (Å²) in [5, 5.41) is 19.8. The number of amides is 1. The van der Waals surface area contributed by atoms with Crippen molar-refractivity contribution in [1.82, 2.24) is 0 Å². The molecule has 0 fully saturated rings. The molecule has 7 N–H and O–H groups in total. The number of phenols is 1. The topological polar surface area (TPSA) is 170 Å². The number of anilines is 1. The molecular formula is C14H23AsN2O7. The standard InChI is InChI=1S/C8H10AsNO5.C6H13NO2/c1-5(11)10-6-3-2-4-7(12)8(6)9(13,14)15;1-2-3-4-5(7)6(8)9/h2-4,12H,1H3,(H,10,11)(H2,13,14,15);5H,2-4,7H2,1H3,(H,8,9). The molecule has 0 bridgehead atoms. The fourth-order valence-corrected chi connectivity index (χ4v) is 3.39. The van der Waals surface area contributed by atoms with Crippen LogP contribution in [0.1, 0.15) is 33.1 Å². The third-order valence-electron chi connectivity index (χ3n) is 2.80. The van der Waals surface area contributed by atoms with Crippen molar-refractivity contribution in [1.29, 1.82) is 0 Å². The number of unbranched alkanes of at least 4 members (excludes halogenated alkanes) is 1. The van der Waals surface area contributed by atoms with E-state index in [4.69, 9.17) is 19.0 Å². The van der Waals surface area contributed by atoms with E-state index >= 15 is 0 Å². The Bertz CT molecular complexity index is 615. The molecule has 1 unspecified atom stereocenters. The smallest absolute Gasteiger partial charge is 0.320 e. The van der Waals surface area contributed by atoms with Gasteiger partial charge in [-0.3, -0.25) is 4.79 Å². The normalized spacial score (nSPS) is 11.9. The first-order valence-corrected chi connectivity index (χ1v) is 10.5. The molecule has 1 aromatic carbocycles. The van der Waals surface area contributed by atoms with Gasteiger partial charge >= 0.3 is 94.1 Å². The van der Waals surface area contributed by atoms with Crippen LogP contribution in [0.4, 0.5) is 5.69 Å². The van der Waals surface area contributed by atoms with Gasteiger partial charge in [-0.1, -0.05) is 19.8 Å².